The molecule has 2 rings (SSSR count). The van der Waals surface area contributed by atoms with Crippen LogP contribution in [0.15, 0.2) is 34.9 Å². The average Bonchev–Trinajstić information content (AvgIpc) is 2.51. The van der Waals surface area contributed by atoms with Crippen LogP contribution in [0.2, 0.25) is 5.02 Å². The van der Waals surface area contributed by atoms with Gasteiger partial charge in [0.25, 0.3) is 0 Å². The first-order chi connectivity index (χ1) is 6.27. The molecule has 0 aliphatic heterocycles. The minimum absolute atomic E-state index is 0.637. The van der Waals surface area contributed by atoms with Gasteiger partial charge in [-0.05, 0) is 12.1 Å². The van der Waals surface area contributed by atoms with Crippen LogP contribution in [0, 0.1) is 0 Å². The van der Waals surface area contributed by atoms with Gasteiger partial charge >= 0.3 is 0 Å². The molecule has 0 saturated carbocycles. The van der Waals surface area contributed by atoms with E-state index < -0.39 is 0 Å². The summed E-state index contributed by atoms with van der Waals surface area (Å²) in [5.74, 6) is 0. The summed E-state index contributed by atoms with van der Waals surface area (Å²) in [7, 11) is 0. The average molecular weight is 258 g/mol. The lowest BCUT2D eigenvalue weighted by molar-refractivity contribution is 1.10. The molecule has 1 aromatic carbocycles. The minimum Gasteiger partial charge on any atom is -0.276 e. The maximum Gasteiger partial charge on any atom is 0.0862 e. The van der Waals surface area contributed by atoms with E-state index in [2.05, 4.69) is 26.1 Å². The zero-order valence-corrected chi connectivity index (χ0v) is 8.93. The van der Waals surface area contributed by atoms with Gasteiger partial charge < -0.3 is 0 Å². The Morgan fingerprint density at radius 1 is 1.38 bits per heavy atom. The van der Waals surface area contributed by atoms with Crippen molar-refractivity contribution in [2.45, 2.75) is 0 Å². The van der Waals surface area contributed by atoms with Crippen molar-refractivity contribution in [2.24, 2.45) is 0 Å². The van der Waals surface area contributed by atoms with Crippen LogP contribution in [0.1, 0.15) is 0 Å². The number of aromatic amines is 1. The third-order valence-electron chi connectivity index (χ3n) is 1.71. The number of H-pyrrole nitrogens is 1. The molecule has 4 heteroatoms. The molecule has 0 amide bonds. The number of nitrogens with zero attached hydrogens (tertiary/aromatic N) is 1. The van der Waals surface area contributed by atoms with Gasteiger partial charge in [0, 0.05) is 10.0 Å². The molecule has 0 fully saturated rings. The van der Waals surface area contributed by atoms with Gasteiger partial charge in [-0.25, -0.2) is 0 Å². The van der Waals surface area contributed by atoms with Crippen molar-refractivity contribution in [2.75, 3.05) is 0 Å². The zero-order valence-electron chi connectivity index (χ0n) is 6.59. The van der Waals surface area contributed by atoms with Gasteiger partial charge in [0.05, 0.1) is 16.9 Å². The summed E-state index contributed by atoms with van der Waals surface area (Å²) in [5.41, 5.74) is 1.87. The summed E-state index contributed by atoms with van der Waals surface area (Å²) in [6, 6.07) is 7.88. The van der Waals surface area contributed by atoms with Crippen molar-refractivity contribution in [3.63, 3.8) is 0 Å². The lowest BCUT2D eigenvalue weighted by Crippen LogP contribution is -1.78. The highest BCUT2D eigenvalue weighted by Crippen LogP contribution is 2.26. The van der Waals surface area contributed by atoms with E-state index in [1.807, 2.05) is 24.3 Å². The highest BCUT2D eigenvalue weighted by atomic mass is 79.9. The van der Waals surface area contributed by atoms with E-state index in [1.165, 1.54) is 0 Å². The molecule has 66 valence electrons. The molecule has 0 saturated heterocycles. The SMILES string of the molecule is Clc1cn[nH]c1-c1cccc(Br)c1. The molecule has 0 unspecified atom stereocenters. The molecular weight excluding hydrogens is 251 g/mol. The number of hydrogen-bond acceptors (Lipinski definition) is 1. The van der Waals surface area contributed by atoms with Crippen LogP contribution >= 0.6 is 27.5 Å². The predicted octanol–water partition coefficient (Wildman–Crippen LogP) is 3.49. The number of nitrogens with one attached hydrogen (secondary N) is 1. The first kappa shape index (κ1) is 8.78. The maximum atomic E-state index is 5.92. The molecule has 13 heavy (non-hydrogen) atoms. The number of aromatic nitrogens is 2. The molecule has 0 radical (unpaired) electrons. The normalized spacial score (nSPS) is 10.3. The van der Waals surface area contributed by atoms with E-state index in [0.717, 1.165) is 15.7 Å². The van der Waals surface area contributed by atoms with Crippen molar-refractivity contribution in [1.29, 1.82) is 0 Å². The Bertz CT molecular complexity index is 425. The molecule has 0 bridgehead atoms. The second-order valence-electron chi connectivity index (χ2n) is 2.60. The Morgan fingerprint density at radius 2 is 2.23 bits per heavy atom. The van der Waals surface area contributed by atoms with E-state index in [9.17, 15) is 0 Å². The van der Waals surface area contributed by atoms with Crippen LogP contribution in [-0.4, -0.2) is 10.2 Å². The van der Waals surface area contributed by atoms with E-state index in [-0.39, 0.29) is 0 Å². The first-order valence-electron chi connectivity index (χ1n) is 3.72. The molecule has 1 aromatic heterocycles. The summed E-state index contributed by atoms with van der Waals surface area (Å²) < 4.78 is 1.02. The van der Waals surface area contributed by atoms with E-state index in [1.54, 1.807) is 6.20 Å². The molecule has 0 aliphatic rings. The monoisotopic (exact) mass is 256 g/mol. The van der Waals surface area contributed by atoms with Crippen LogP contribution in [-0.2, 0) is 0 Å². The largest absolute Gasteiger partial charge is 0.276 e. The molecule has 0 aliphatic carbocycles. The van der Waals surface area contributed by atoms with E-state index in [4.69, 9.17) is 11.6 Å². The number of benzene rings is 1. The lowest BCUT2D eigenvalue weighted by Gasteiger charge is -1.98. The first-order valence-corrected chi connectivity index (χ1v) is 4.89. The van der Waals surface area contributed by atoms with Crippen LogP contribution < -0.4 is 0 Å². The number of rotatable bonds is 1. The summed E-state index contributed by atoms with van der Waals surface area (Å²) in [4.78, 5) is 0. The van der Waals surface area contributed by atoms with Gasteiger partial charge in [0.1, 0.15) is 0 Å². The lowest BCUT2D eigenvalue weighted by atomic mass is 10.2. The maximum absolute atomic E-state index is 5.92. The minimum atomic E-state index is 0.637. The Balaban J connectivity index is 2.53. The molecule has 0 atom stereocenters. The topological polar surface area (TPSA) is 28.7 Å². The third kappa shape index (κ3) is 1.76. The summed E-state index contributed by atoms with van der Waals surface area (Å²) in [6.45, 7) is 0. The fourth-order valence-electron chi connectivity index (χ4n) is 1.12. The van der Waals surface area contributed by atoms with Crippen LogP contribution in [0.3, 0.4) is 0 Å². The third-order valence-corrected chi connectivity index (χ3v) is 2.49. The zero-order chi connectivity index (χ0) is 9.26. The highest BCUT2D eigenvalue weighted by molar-refractivity contribution is 9.10. The molecule has 2 nitrogen and oxygen atoms in total. The Hall–Kier alpha value is -0.800. The quantitative estimate of drug-likeness (QED) is 0.832. The summed E-state index contributed by atoms with van der Waals surface area (Å²) >= 11 is 9.31. The smallest absolute Gasteiger partial charge is 0.0862 e. The van der Waals surface area contributed by atoms with Crippen molar-refractivity contribution in [3.05, 3.63) is 40.0 Å². The molecule has 1 N–H and O–H groups in total. The molecule has 1 heterocycles. The predicted molar refractivity (Wildman–Crippen MR) is 56.7 cm³/mol. The van der Waals surface area contributed by atoms with E-state index >= 15 is 0 Å². The van der Waals surface area contributed by atoms with Crippen molar-refractivity contribution in [1.82, 2.24) is 10.2 Å². The van der Waals surface area contributed by atoms with Crippen molar-refractivity contribution < 1.29 is 0 Å². The van der Waals surface area contributed by atoms with Crippen molar-refractivity contribution in [3.8, 4) is 11.3 Å². The number of halogens is 2. The Morgan fingerprint density at radius 3 is 2.85 bits per heavy atom. The molecule has 0 spiro atoms. The van der Waals surface area contributed by atoms with Crippen molar-refractivity contribution >= 4 is 27.5 Å². The fourth-order valence-corrected chi connectivity index (χ4v) is 1.72. The fraction of sp³-hybridized carbons (Fsp3) is 0. The van der Waals surface area contributed by atoms with Crippen LogP contribution in [0.5, 0.6) is 0 Å². The van der Waals surface area contributed by atoms with Gasteiger partial charge in [0.15, 0.2) is 0 Å². The summed E-state index contributed by atoms with van der Waals surface area (Å²) in [6.07, 6.45) is 1.60. The standard InChI is InChI=1S/C9H6BrClN2/c10-7-3-1-2-6(4-7)9-8(11)5-12-13-9/h1-5H,(H,12,13). The van der Waals surface area contributed by atoms with Gasteiger partial charge in [-0.3, -0.25) is 5.10 Å². The highest BCUT2D eigenvalue weighted by Gasteiger charge is 2.04. The second kappa shape index (κ2) is 3.52. The van der Waals surface area contributed by atoms with Crippen LogP contribution in [0.4, 0.5) is 0 Å². The van der Waals surface area contributed by atoms with Crippen LogP contribution in [0.25, 0.3) is 11.3 Å². The van der Waals surface area contributed by atoms with Gasteiger partial charge in [-0.1, -0.05) is 39.7 Å². The molecule has 2 aromatic rings. The van der Waals surface area contributed by atoms with Gasteiger partial charge in [-0.2, -0.15) is 5.10 Å². The van der Waals surface area contributed by atoms with Gasteiger partial charge in [-0.15, -0.1) is 0 Å². The summed E-state index contributed by atoms with van der Waals surface area (Å²) in [5, 5.41) is 7.34. The Labute approximate surface area is 89.1 Å². The van der Waals surface area contributed by atoms with Gasteiger partial charge in [0.2, 0.25) is 0 Å². The molecular formula is C9H6BrClN2. The second-order valence-corrected chi connectivity index (χ2v) is 3.93. The number of hydrogen-bond donors (Lipinski definition) is 1. The van der Waals surface area contributed by atoms with E-state index in [0.29, 0.717) is 5.02 Å². The Kier molecular flexibility index (Phi) is 2.38.